The highest BCUT2D eigenvalue weighted by Crippen LogP contribution is 2.27. The smallest absolute Gasteiger partial charge is 0.259 e. The first-order chi connectivity index (χ1) is 11.4. The van der Waals surface area contributed by atoms with Crippen LogP contribution in [-0.4, -0.2) is 26.1 Å². The largest absolute Gasteiger partial charge is 0.300 e. The van der Waals surface area contributed by atoms with Crippen LogP contribution < -0.4 is 4.90 Å². The number of amides is 1. The summed E-state index contributed by atoms with van der Waals surface area (Å²) in [6.07, 6.45) is 1.56. The molecule has 24 heavy (non-hydrogen) atoms. The molecule has 2 aromatic carbocycles. The van der Waals surface area contributed by atoms with E-state index >= 15 is 0 Å². The van der Waals surface area contributed by atoms with Gasteiger partial charge in [0, 0.05) is 21.7 Å². The second-order valence-corrected chi connectivity index (χ2v) is 8.06. The summed E-state index contributed by atoms with van der Waals surface area (Å²) < 4.78 is 23.6. The minimum absolute atomic E-state index is 0.118. The van der Waals surface area contributed by atoms with Crippen molar-refractivity contribution in [3.05, 3.63) is 76.2 Å². The fourth-order valence-corrected chi connectivity index (χ4v) is 4.12. The van der Waals surface area contributed by atoms with Crippen molar-refractivity contribution in [3.8, 4) is 0 Å². The summed E-state index contributed by atoms with van der Waals surface area (Å²) in [5.74, 6) is -0.352. The Morgan fingerprint density at radius 1 is 1.12 bits per heavy atom. The first-order valence-electron chi connectivity index (χ1n) is 7.43. The summed E-state index contributed by atoms with van der Waals surface area (Å²) in [6, 6.07) is 13.5. The topological polar surface area (TPSA) is 54.5 Å². The molecule has 0 saturated heterocycles. The van der Waals surface area contributed by atoms with E-state index < -0.39 is 15.9 Å². The first-order valence-corrected chi connectivity index (χ1v) is 9.52. The number of hydrogen-bond donors (Lipinski definition) is 0. The van der Waals surface area contributed by atoms with E-state index in [1.807, 2.05) is 19.1 Å². The van der Waals surface area contributed by atoms with Crippen molar-refractivity contribution in [2.45, 2.75) is 13.0 Å². The molecule has 2 aromatic rings. The first kappa shape index (κ1) is 16.7. The highest BCUT2D eigenvalue weighted by Gasteiger charge is 2.32. The lowest BCUT2D eigenvalue weighted by Crippen LogP contribution is -2.41. The molecule has 0 N–H and O–H groups in total. The summed E-state index contributed by atoms with van der Waals surface area (Å²) in [4.78, 5) is 14.6. The van der Waals surface area contributed by atoms with E-state index in [4.69, 9.17) is 11.6 Å². The van der Waals surface area contributed by atoms with Crippen molar-refractivity contribution in [2.75, 3.05) is 10.7 Å². The maximum absolute atomic E-state index is 13.1. The zero-order valence-electron chi connectivity index (χ0n) is 13.0. The molecule has 1 heterocycles. The third-order valence-electron chi connectivity index (χ3n) is 3.94. The van der Waals surface area contributed by atoms with Crippen LogP contribution in [0.2, 0.25) is 5.02 Å². The summed E-state index contributed by atoms with van der Waals surface area (Å²) in [5.41, 5.74) is 2.00. The Hall–Kier alpha value is -2.11. The number of nitrogens with zero attached hydrogens (tertiary/aromatic N) is 1. The van der Waals surface area contributed by atoms with Crippen LogP contribution in [0.3, 0.4) is 0 Å². The lowest BCUT2D eigenvalue weighted by Gasteiger charge is -2.28. The second kappa shape index (κ2) is 6.42. The number of hydrogen-bond acceptors (Lipinski definition) is 3. The number of carbonyl (C=O) groups is 1. The van der Waals surface area contributed by atoms with Gasteiger partial charge in [-0.25, -0.2) is 8.42 Å². The molecule has 0 radical (unpaired) electrons. The molecule has 1 atom stereocenters. The molecule has 1 amide bonds. The number of rotatable bonds is 3. The summed E-state index contributed by atoms with van der Waals surface area (Å²) >= 11 is 5.93. The van der Waals surface area contributed by atoms with Crippen molar-refractivity contribution < 1.29 is 13.2 Å². The standard InChI is InChI=1S/C18H16ClNO3S/c1-13-4-2-3-5-17(13)18(21)20(15-8-6-14(19)7-9-15)16-10-11-24(22,23)12-16/h2-11,16H,12H2,1H3. The number of anilines is 1. The predicted molar refractivity (Wildman–Crippen MR) is 96.2 cm³/mol. The van der Waals surface area contributed by atoms with Crippen LogP contribution in [0, 0.1) is 6.92 Å². The van der Waals surface area contributed by atoms with E-state index in [-0.39, 0.29) is 11.7 Å². The van der Waals surface area contributed by atoms with E-state index in [2.05, 4.69) is 0 Å². The molecule has 1 unspecified atom stereocenters. The van der Waals surface area contributed by atoms with Crippen LogP contribution in [0.5, 0.6) is 0 Å². The molecule has 0 saturated carbocycles. The van der Waals surface area contributed by atoms with Gasteiger partial charge in [0.1, 0.15) is 0 Å². The predicted octanol–water partition coefficient (Wildman–Crippen LogP) is 3.61. The van der Waals surface area contributed by atoms with Gasteiger partial charge in [-0.05, 0) is 48.9 Å². The molecule has 0 bridgehead atoms. The van der Waals surface area contributed by atoms with Gasteiger partial charge in [0.15, 0.2) is 9.84 Å². The number of aryl methyl sites for hydroxylation is 1. The second-order valence-electron chi connectivity index (χ2n) is 5.69. The SMILES string of the molecule is Cc1ccccc1C(=O)N(c1ccc(Cl)cc1)C1C=CS(=O)(=O)C1. The lowest BCUT2D eigenvalue weighted by atomic mass is 10.1. The number of halogens is 1. The van der Waals surface area contributed by atoms with Gasteiger partial charge in [-0.2, -0.15) is 0 Å². The van der Waals surface area contributed by atoms with E-state index in [0.717, 1.165) is 5.56 Å². The molecule has 124 valence electrons. The maximum Gasteiger partial charge on any atom is 0.259 e. The molecule has 1 aliphatic heterocycles. The Morgan fingerprint density at radius 2 is 1.79 bits per heavy atom. The molecule has 6 heteroatoms. The summed E-state index contributed by atoms with van der Waals surface area (Å²) in [7, 11) is -3.28. The molecule has 0 spiro atoms. The fourth-order valence-electron chi connectivity index (χ4n) is 2.72. The van der Waals surface area contributed by atoms with Crippen molar-refractivity contribution in [1.82, 2.24) is 0 Å². The molecular formula is C18H16ClNO3S. The van der Waals surface area contributed by atoms with Gasteiger partial charge in [0.2, 0.25) is 0 Å². The average Bonchev–Trinajstić information content (AvgIpc) is 2.89. The highest BCUT2D eigenvalue weighted by molar-refractivity contribution is 7.94. The molecule has 0 aliphatic carbocycles. The van der Waals surface area contributed by atoms with Gasteiger partial charge >= 0.3 is 0 Å². The van der Waals surface area contributed by atoms with Crippen LogP contribution in [0.15, 0.2) is 60.0 Å². The molecule has 0 fully saturated rings. The van der Waals surface area contributed by atoms with Crippen molar-refractivity contribution in [3.63, 3.8) is 0 Å². The summed E-state index contributed by atoms with van der Waals surface area (Å²) in [6.45, 7) is 1.86. The van der Waals surface area contributed by atoms with Crippen LogP contribution in [-0.2, 0) is 9.84 Å². The molecule has 1 aliphatic rings. The zero-order valence-corrected chi connectivity index (χ0v) is 14.6. The summed E-state index contributed by atoms with van der Waals surface area (Å²) in [5, 5.41) is 1.72. The van der Waals surface area contributed by atoms with E-state index in [9.17, 15) is 13.2 Å². The highest BCUT2D eigenvalue weighted by atomic mass is 35.5. The molecular weight excluding hydrogens is 346 g/mol. The van der Waals surface area contributed by atoms with E-state index in [1.165, 1.54) is 10.3 Å². The van der Waals surface area contributed by atoms with Crippen molar-refractivity contribution in [1.29, 1.82) is 0 Å². The average molecular weight is 362 g/mol. The van der Waals surface area contributed by atoms with Gasteiger partial charge in [-0.15, -0.1) is 0 Å². The van der Waals surface area contributed by atoms with E-state index in [0.29, 0.717) is 16.3 Å². The molecule has 3 rings (SSSR count). The van der Waals surface area contributed by atoms with Gasteiger partial charge in [-0.1, -0.05) is 29.8 Å². The van der Waals surface area contributed by atoms with E-state index in [1.54, 1.807) is 42.5 Å². The van der Waals surface area contributed by atoms with Gasteiger partial charge < -0.3 is 4.90 Å². The number of benzene rings is 2. The minimum atomic E-state index is -3.28. The zero-order chi connectivity index (χ0) is 17.3. The van der Waals surface area contributed by atoms with Crippen LogP contribution >= 0.6 is 11.6 Å². The lowest BCUT2D eigenvalue weighted by molar-refractivity contribution is 0.0982. The Bertz CT molecular complexity index is 904. The Balaban J connectivity index is 2.05. The third kappa shape index (κ3) is 3.37. The fraction of sp³-hybridized carbons (Fsp3) is 0.167. The number of sulfone groups is 1. The van der Waals surface area contributed by atoms with Crippen molar-refractivity contribution >= 4 is 33.0 Å². The van der Waals surface area contributed by atoms with Gasteiger partial charge in [-0.3, -0.25) is 4.79 Å². The van der Waals surface area contributed by atoms with Crippen LogP contribution in [0.25, 0.3) is 0 Å². The normalized spacial score (nSPS) is 18.5. The number of carbonyl (C=O) groups excluding carboxylic acids is 1. The Morgan fingerprint density at radius 3 is 2.38 bits per heavy atom. The quantitative estimate of drug-likeness (QED) is 0.839. The maximum atomic E-state index is 13.1. The Labute approximate surface area is 146 Å². The molecule has 4 nitrogen and oxygen atoms in total. The van der Waals surface area contributed by atoms with Gasteiger partial charge in [0.25, 0.3) is 5.91 Å². The van der Waals surface area contributed by atoms with Crippen LogP contribution in [0.4, 0.5) is 5.69 Å². The Kier molecular flexibility index (Phi) is 4.47. The van der Waals surface area contributed by atoms with Crippen molar-refractivity contribution in [2.24, 2.45) is 0 Å². The third-order valence-corrected chi connectivity index (χ3v) is 5.57. The van der Waals surface area contributed by atoms with Crippen LogP contribution in [0.1, 0.15) is 15.9 Å². The minimum Gasteiger partial charge on any atom is -0.300 e. The monoisotopic (exact) mass is 361 g/mol. The van der Waals surface area contributed by atoms with Gasteiger partial charge in [0.05, 0.1) is 11.8 Å². The molecule has 0 aromatic heterocycles.